The molecule has 1 N–H and O–H groups in total. The van der Waals surface area contributed by atoms with E-state index in [1.165, 1.54) is 11.1 Å². The monoisotopic (exact) mass is 397 g/mol. The van der Waals surface area contributed by atoms with Crippen molar-refractivity contribution in [3.8, 4) is 0 Å². The second-order valence-electron chi connectivity index (χ2n) is 7.16. The van der Waals surface area contributed by atoms with E-state index in [0.29, 0.717) is 0 Å². The van der Waals surface area contributed by atoms with Gasteiger partial charge in [-0.1, -0.05) is 55.5 Å². The number of benzene rings is 2. The smallest absolute Gasteiger partial charge is 0.173 e. The van der Waals surface area contributed by atoms with E-state index in [0.717, 1.165) is 69.6 Å². The molecule has 0 spiro atoms. The predicted molar refractivity (Wildman–Crippen MR) is 121 cm³/mol. The third kappa shape index (κ3) is 6.30. The Kier molecular flexibility index (Phi) is 8.27. The molecule has 150 valence electrons. The summed E-state index contributed by atoms with van der Waals surface area (Å²) in [7, 11) is 0. The largest absolute Gasteiger partial charge is 0.379 e. The number of anilines is 1. The Morgan fingerprint density at radius 1 is 1.07 bits per heavy atom. The number of thiocarbonyl (C=S) groups is 1. The summed E-state index contributed by atoms with van der Waals surface area (Å²) < 4.78 is 5.45. The average Bonchev–Trinajstić information content (AvgIpc) is 2.75. The minimum Gasteiger partial charge on any atom is -0.379 e. The van der Waals surface area contributed by atoms with E-state index in [-0.39, 0.29) is 0 Å². The molecule has 1 aliphatic heterocycles. The van der Waals surface area contributed by atoms with E-state index < -0.39 is 0 Å². The molecule has 0 amide bonds. The lowest BCUT2D eigenvalue weighted by Crippen LogP contribution is -2.40. The molecule has 0 unspecified atom stereocenters. The van der Waals surface area contributed by atoms with Gasteiger partial charge in [-0.2, -0.15) is 0 Å². The molecule has 5 heteroatoms. The zero-order chi connectivity index (χ0) is 19.6. The lowest BCUT2D eigenvalue weighted by molar-refractivity contribution is 0.0368. The van der Waals surface area contributed by atoms with E-state index in [4.69, 9.17) is 17.0 Å². The highest BCUT2D eigenvalue weighted by Gasteiger charge is 2.14. The van der Waals surface area contributed by atoms with Crippen LogP contribution < -0.4 is 5.32 Å². The van der Waals surface area contributed by atoms with Gasteiger partial charge in [-0.25, -0.2) is 0 Å². The Morgan fingerprint density at radius 3 is 2.54 bits per heavy atom. The highest BCUT2D eigenvalue weighted by Crippen LogP contribution is 2.17. The molecule has 0 radical (unpaired) electrons. The summed E-state index contributed by atoms with van der Waals surface area (Å²) in [5.41, 5.74) is 3.68. The van der Waals surface area contributed by atoms with Crippen molar-refractivity contribution in [2.75, 3.05) is 44.7 Å². The van der Waals surface area contributed by atoms with Gasteiger partial charge in [0.1, 0.15) is 0 Å². The third-order valence-corrected chi connectivity index (χ3v) is 5.51. The topological polar surface area (TPSA) is 27.7 Å². The van der Waals surface area contributed by atoms with Crippen LogP contribution in [0.1, 0.15) is 24.5 Å². The third-order valence-electron chi connectivity index (χ3n) is 5.15. The summed E-state index contributed by atoms with van der Waals surface area (Å²) in [5.74, 6) is 0. The fourth-order valence-electron chi connectivity index (χ4n) is 3.51. The number of rotatable bonds is 8. The summed E-state index contributed by atoms with van der Waals surface area (Å²) in [5, 5.41) is 4.29. The quantitative estimate of drug-likeness (QED) is 0.675. The first kappa shape index (κ1) is 20.8. The molecule has 1 fully saturated rings. The molecule has 3 rings (SSSR count). The molecule has 2 aromatic carbocycles. The number of para-hydroxylation sites is 1. The van der Waals surface area contributed by atoms with Gasteiger partial charge in [0, 0.05) is 38.4 Å². The van der Waals surface area contributed by atoms with Crippen molar-refractivity contribution in [1.82, 2.24) is 9.80 Å². The number of hydrogen-bond donors (Lipinski definition) is 1. The summed E-state index contributed by atoms with van der Waals surface area (Å²) >= 11 is 5.82. The normalized spacial score (nSPS) is 14.6. The molecule has 1 saturated heterocycles. The molecule has 0 aliphatic carbocycles. The molecule has 0 saturated carbocycles. The SMILES string of the molecule is CCc1ccccc1NC(=S)N(CCCN1CCOCC1)Cc1ccccc1. The van der Waals surface area contributed by atoms with Gasteiger partial charge in [-0.15, -0.1) is 0 Å². The van der Waals surface area contributed by atoms with Crippen molar-refractivity contribution in [2.45, 2.75) is 26.3 Å². The van der Waals surface area contributed by atoms with Crippen molar-refractivity contribution >= 4 is 23.0 Å². The molecule has 1 heterocycles. The average molecular weight is 398 g/mol. The predicted octanol–water partition coefficient (Wildman–Crippen LogP) is 4.17. The van der Waals surface area contributed by atoms with Crippen molar-refractivity contribution in [3.05, 3.63) is 65.7 Å². The van der Waals surface area contributed by atoms with Gasteiger partial charge in [0.05, 0.1) is 13.2 Å². The molecule has 2 aromatic rings. The van der Waals surface area contributed by atoms with Crippen molar-refractivity contribution < 1.29 is 4.74 Å². The van der Waals surface area contributed by atoms with E-state index in [2.05, 4.69) is 76.6 Å². The van der Waals surface area contributed by atoms with Crippen LogP contribution in [0.15, 0.2) is 54.6 Å². The van der Waals surface area contributed by atoms with Gasteiger partial charge in [0.15, 0.2) is 5.11 Å². The second-order valence-corrected chi connectivity index (χ2v) is 7.54. The highest BCUT2D eigenvalue weighted by molar-refractivity contribution is 7.80. The Labute approximate surface area is 174 Å². The van der Waals surface area contributed by atoms with E-state index in [9.17, 15) is 0 Å². The van der Waals surface area contributed by atoms with Gasteiger partial charge >= 0.3 is 0 Å². The number of hydrogen-bond acceptors (Lipinski definition) is 3. The highest BCUT2D eigenvalue weighted by atomic mass is 32.1. The first-order valence-corrected chi connectivity index (χ1v) is 10.6. The lowest BCUT2D eigenvalue weighted by atomic mass is 10.1. The maximum Gasteiger partial charge on any atom is 0.173 e. The van der Waals surface area contributed by atoms with Crippen molar-refractivity contribution in [2.24, 2.45) is 0 Å². The first-order valence-electron chi connectivity index (χ1n) is 10.2. The van der Waals surface area contributed by atoms with Crippen LogP contribution in [0.2, 0.25) is 0 Å². The molecule has 0 atom stereocenters. The van der Waals surface area contributed by atoms with Gasteiger partial charge in [-0.05, 0) is 42.3 Å². The van der Waals surface area contributed by atoms with Crippen LogP contribution in [0.4, 0.5) is 5.69 Å². The Balaban J connectivity index is 1.63. The number of ether oxygens (including phenoxy) is 1. The van der Waals surface area contributed by atoms with Gasteiger partial charge in [-0.3, -0.25) is 4.90 Å². The Hall–Kier alpha value is -1.95. The molecule has 4 nitrogen and oxygen atoms in total. The lowest BCUT2D eigenvalue weighted by Gasteiger charge is -2.30. The minimum absolute atomic E-state index is 0.798. The maximum atomic E-state index is 5.82. The molecular formula is C23H31N3OS. The summed E-state index contributed by atoms with van der Waals surface area (Å²) in [4.78, 5) is 4.77. The van der Waals surface area contributed by atoms with E-state index in [1.54, 1.807) is 0 Å². The molecule has 0 aromatic heterocycles. The van der Waals surface area contributed by atoms with Crippen LogP contribution >= 0.6 is 12.2 Å². The van der Waals surface area contributed by atoms with E-state index >= 15 is 0 Å². The zero-order valence-corrected chi connectivity index (χ0v) is 17.6. The fraction of sp³-hybridized carbons (Fsp3) is 0.435. The van der Waals surface area contributed by atoms with Crippen molar-refractivity contribution in [3.63, 3.8) is 0 Å². The van der Waals surface area contributed by atoms with E-state index in [1.807, 2.05) is 0 Å². The van der Waals surface area contributed by atoms with Crippen LogP contribution in [0.25, 0.3) is 0 Å². The van der Waals surface area contributed by atoms with Crippen LogP contribution in [0.5, 0.6) is 0 Å². The van der Waals surface area contributed by atoms with Crippen LogP contribution in [0, 0.1) is 0 Å². The number of nitrogens with zero attached hydrogens (tertiary/aromatic N) is 2. The Morgan fingerprint density at radius 2 is 1.79 bits per heavy atom. The molecular weight excluding hydrogens is 366 g/mol. The standard InChI is InChI=1S/C23H31N3OS/c1-2-21-11-6-7-12-22(21)24-23(28)26(19-20-9-4-3-5-10-20)14-8-13-25-15-17-27-18-16-25/h3-7,9-12H,2,8,13-19H2,1H3,(H,24,28). The molecule has 1 aliphatic rings. The van der Waals surface area contributed by atoms with Gasteiger partial charge in [0.25, 0.3) is 0 Å². The minimum atomic E-state index is 0.798. The first-order chi connectivity index (χ1) is 13.8. The second kappa shape index (κ2) is 11.1. The summed E-state index contributed by atoms with van der Waals surface area (Å²) in [6.45, 7) is 8.78. The fourth-order valence-corrected chi connectivity index (χ4v) is 3.78. The summed E-state index contributed by atoms with van der Waals surface area (Å²) in [6.07, 6.45) is 2.07. The van der Waals surface area contributed by atoms with Gasteiger partial charge < -0.3 is 15.0 Å². The molecule has 0 bridgehead atoms. The zero-order valence-electron chi connectivity index (χ0n) is 16.8. The van der Waals surface area contributed by atoms with Crippen molar-refractivity contribution in [1.29, 1.82) is 0 Å². The number of morpholine rings is 1. The maximum absolute atomic E-state index is 5.82. The van der Waals surface area contributed by atoms with Crippen LogP contribution in [0.3, 0.4) is 0 Å². The number of nitrogens with one attached hydrogen (secondary N) is 1. The summed E-state index contributed by atoms with van der Waals surface area (Å²) in [6, 6.07) is 19.0. The van der Waals surface area contributed by atoms with Crippen LogP contribution in [-0.4, -0.2) is 54.3 Å². The number of aryl methyl sites for hydroxylation is 1. The Bertz CT molecular complexity index is 732. The van der Waals surface area contributed by atoms with Gasteiger partial charge in [0.2, 0.25) is 0 Å². The van der Waals surface area contributed by atoms with Crippen LogP contribution in [-0.2, 0) is 17.7 Å². The molecule has 28 heavy (non-hydrogen) atoms.